The maximum absolute atomic E-state index is 13.2. The third-order valence-electron chi connectivity index (χ3n) is 5.27. The minimum absolute atomic E-state index is 0. The minimum Gasteiger partial charge on any atom is -0.342 e. The van der Waals surface area contributed by atoms with E-state index in [9.17, 15) is 4.79 Å². The van der Waals surface area contributed by atoms with Gasteiger partial charge in [-0.2, -0.15) is 0 Å². The summed E-state index contributed by atoms with van der Waals surface area (Å²) < 4.78 is 2.17. The quantitative estimate of drug-likeness (QED) is 0.831. The van der Waals surface area contributed by atoms with E-state index in [0.717, 1.165) is 48.5 Å². The van der Waals surface area contributed by atoms with E-state index in [1.54, 1.807) is 6.20 Å². The lowest BCUT2D eigenvalue weighted by molar-refractivity contribution is 0.0583. The van der Waals surface area contributed by atoms with Crippen LogP contribution < -0.4 is 5.73 Å². The van der Waals surface area contributed by atoms with Crippen molar-refractivity contribution in [3.8, 4) is 0 Å². The molecule has 2 N–H and O–H groups in total. The number of likely N-dealkylation sites (tertiary alicyclic amines) is 1. The van der Waals surface area contributed by atoms with Crippen molar-refractivity contribution in [2.45, 2.75) is 58.7 Å². The molecule has 3 heterocycles. The fraction of sp³-hybridized carbons (Fsp3) is 0.500. The van der Waals surface area contributed by atoms with E-state index in [1.807, 2.05) is 49.9 Å². The van der Waals surface area contributed by atoms with Gasteiger partial charge in [0, 0.05) is 36.2 Å². The highest BCUT2D eigenvalue weighted by Crippen LogP contribution is 2.24. The average molecular weight is 413 g/mol. The molecule has 27 heavy (non-hydrogen) atoms. The molecule has 0 bridgehead atoms. The smallest absolute Gasteiger partial charge is 0.255 e. The van der Waals surface area contributed by atoms with Gasteiger partial charge in [-0.05, 0) is 58.2 Å². The average Bonchev–Trinajstić information content (AvgIpc) is 2.90. The van der Waals surface area contributed by atoms with Gasteiger partial charge in [0.25, 0.3) is 5.91 Å². The SMILES string of the molecule is Cc1cc(C(=O)N2CCCCC2C(C)N)c(C)n1Cc1ccccn1.Cl.Cl. The number of amides is 1. The Morgan fingerprint density at radius 1 is 1.30 bits per heavy atom. The summed E-state index contributed by atoms with van der Waals surface area (Å²) >= 11 is 0. The third-order valence-corrected chi connectivity index (χ3v) is 5.27. The summed E-state index contributed by atoms with van der Waals surface area (Å²) in [6.07, 6.45) is 5.00. The molecule has 2 unspecified atom stereocenters. The van der Waals surface area contributed by atoms with Gasteiger partial charge in [0.05, 0.1) is 17.8 Å². The number of carbonyl (C=O) groups is 1. The number of pyridine rings is 1. The Morgan fingerprint density at radius 2 is 2.04 bits per heavy atom. The molecule has 2 aromatic rings. The molecule has 1 fully saturated rings. The first-order valence-corrected chi connectivity index (χ1v) is 9.12. The Hall–Kier alpha value is -1.56. The van der Waals surface area contributed by atoms with Crippen molar-refractivity contribution < 1.29 is 4.79 Å². The van der Waals surface area contributed by atoms with Gasteiger partial charge < -0.3 is 15.2 Å². The van der Waals surface area contributed by atoms with E-state index >= 15 is 0 Å². The Kier molecular flexibility index (Phi) is 8.79. The van der Waals surface area contributed by atoms with Crippen LogP contribution in [0.5, 0.6) is 0 Å². The largest absolute Gasteiger partial charge is 0.342 e. The first-order chi connectivity index (χ1) is 12.0. The van der Waals surface area contributed by atoms with Crippen LogP contribution >= 0.6 is 24.8 Å². The molecule has 1 aliphatic heterocycles. The summed E-state index contributed by atoms with van der Waals surface area (Å²) in [4.78, 5) is 19.6. The van der Waals surface area contributed by atoms with E-state index in [4.69, 9.17) is 5.73 Å². The van der Waals surface area contributed by atoms with E-state index in [0.29, 0.717) is 6.54 Å². The highest BCUT2D eigenvalue weighted by atomic mass is 35.5. The van der Waals surface area contributed by atoms with Crippen LogP contribution in [0.15, 0.2) is 30.5 Å². The van der Waals surface area contributed by atoms with Crippen LogP contribution in [-0.2, 0) is 6.54 Å². The molecule has 0 saturated carbocycles. The number of piperidine rings is 1. The van der Waals surface area contributed by atoms with Crippen molar-refractivity contribution in [1.29, 1.82) is 0 Å². The van der Waals surface area contributed by atoms with E-state index < -0.39 is 0 Å². The predicted molar refractivity (Wildman–Crippen MR) is 114 cm³/mol. The Balaban J connectivity index is 0.00000182. The lowest BCUT2D eigenvalue weighted by Gasteiger charge is -2.38. The molecular weight excluding hydrogens is 383 g/mol. The van der Waals surface area contributed by atoms with Crippen LogP contribution in [0.3, 0.4) is 0 Å². The highest BCUT2D eigenvalue weighted by Gasteiger charge is 2.31. The van der Waals surface area contributed by atoms with E-state index in [-0.39, 0.29) is 42.8 Å². The lowest BCUT2D eigenvalue weighted by atomic mass is 9.96. The summed E-state index contributed by atoms with van der Waals surface area (Å²) in [6, 6.07) is 8.06. The summed E-state index contributed by atoms with van der Waals surface area (Å²) in [5.74, 6) is 0.113. The molecule has 150 valence electrons. The van der Waals surface area contributed by atoms with Crippen molar-refractivity contribution in [2.24, 2.45) is 5.73 Å². The summed E-state index contributed by atoms with van der Waals surface area (Å²) in [5.41, 5.74) is 10.0. The Bertz CT molecular complexity index is 746. The van der Waals surface area contributed by atoms with Crippen molar-refractivity contribution in [3.63, 3.8) is 0 Å². The zero-order valence-electron chi connectivity index (χ0n) is 16.2. The number of halogens is 2. The monoisotopic (exact) mass is 412 g/mol. The molecule has 5 nitrogen and oxygen atoms in total. The predicted octanol–water partition coefficient (Wildman–Crippen LogP) is 3.73. The van der Waals surface area contributed by atoms with Gasteiger partial charge in [-0.1, -0.05) is 6.07 Å². The Labute approximate surface area is 174 Å². The van der Waals surface area contributed by atoms with Gasteiger partial charge >= 0.3 is 0 Å². The number of aromatic nitrogens is 2. The molecule has 0 aromatic carbocycles. The molecule has 3 rings (SSSR count). The van der Waals surface area contributed by atoms with Crippen LogP contribution in [0.1, 0.15) is 53.6 Å². The van der Waals surface area contributed by atoms with Crippen LogP contribution in [-0.4, -0.2) is 39.0 Å². The van der Waals surface area contributed by atoms with Gasteiger partial charge in [0.2, 0.25) is 0 Å². The maximum atomic E-state index is 13.2. The summed E-state index contributed by atoms with van der Waals surface area (Å²) in [7, 11) is 0. The molecule has 1 aliphatic rings. The molecule has 1 amide bonds. The number of rotatable bonds is 4. The van der Waals surface area contributed by atoms with Gasteiger partial charge in [-0.25, -0.2) is 0 Å². The normalized spacial score (nSPS) is 17.6. The first kappa shape index (κ1) is 23.5. The van der Waals surface area contributed by atoms with Crippen LogP contribution in [0, 0.1) is 13.8 Å². The van der Waals surface area contributed by atoms with Crippen LogP contribution in [0.4, 0.5) is 0 Å². The number of nitrogens with two attached hydrogens (primary N) is 1. The molecule has 0 spiro atoms. The zero-order valence-corrected chi connectivity index (χ0v) is 17.9. The topological polar surface area (TPSA) is 64.2 Å². The van der Waals surface area contributed by atoms with E-state index in [2.05, 4.69) is 9.55 Å². The number of aryl methyl sites for hydroxylation is 1. The van der Waals surface area contributed by atoms with Crippen molar-refractivity contribution in [3.05, 3.63) is 53.1 Å². The van der Waals surface area contributed by atoms with Gasteiger partial charge in [0.1, 0.15) is 0 Å². The van der Waals surface area contributed by atoms with E-state index in [1.165, 1.54) is 0 Å². The highest BCUT2D eigenvalue weighted by molar-refractivity contribution is 5.96. The van der Waals surface area contributed by atoms with Gasteiger partial charge in [-0.15, -0.1) is 24.8 Å². The molecule has 7 heteroatoms. The maximum Gasteiger partial charge on any atom is 0.255 e. The van der Waals surface area contributed by atoms with Crippen LogP contribution in [0.25, 0.3) is 0 Å². The fourth-order valence-electron chi connectivity index (χ4n) is 3.83. The standard InChI is InChI=1S/C20H28N4O.2ClH/c1-14-12-18(16(3)24(14)13-17-8-4-6-10-22-17)20(25)23-11-7-5-9-19(23)15(2)21;;/h4,6,8,10,12,15,19H,5,7,9,11,13,21H2,1-3H3;2*1H. The number of hydrogen-bond acceptors (Lipinski definition) is 3. The molecule has 0 radical (unpaired) electrons. The van der Waals surface area contributed by atoms with Gasteiger partial charge in [-0.3, -0.25) is 9.78 Å². The van der Waals surface area contributed by atoms with Crippen molar-refractivity contribution in [1.82, 2.24) is 14.5 Å². The second-order valence-corrected chi connectivity index (χ2v) is 7.11. The Morgan fingerprint density at radius 3 is 2.67 bits per heavy atom. The minimum atomic E-state index is 0. The first-order valence-electron chi connectivity index (χ1n) is 9.12. The molecule has 1 saturated heterocycles. The third kappa shape index (κ3) is 5.03. The van der Waals surface area contributed by atoms with Crippen molar-refractivity contribution >= 4 is 30.7 Å². The number of hydrogen-bond donors (Lipinski definition) is 1. The second-order valence-electron chi connectivity index (χ2n) is 7.11. The number of carbonyl (C=O) groups excluding carboxylic acids is 1. The molecule has 2 atom stereocenters. The van der Waals surface area contributed by atoms with Gasteiger partial charge in [0.15, 0.2) is 0 Å². The lowest BCUT2D eigenvalue weighted by Crippen LogP contribution is -2.51. The van der Waals surface area contributed by atoms with Crippen LogP contribution in [0.2, 0.25) is 0 Å². The second kappa shape index (κ2) is 10.1. The fourth-order valence-corrected chi connectivity index (χ4v) is 3.83. The molecule has 2 aromatic heterocycles. The zero-order chi connectivity index (χ0) is 18.0. The molecule has 0 aliphatic carbocycles. The molecular formula is C20H30Cl2N4O. The summed E-state index contributed by atoms with van der Waals surface area (Å²) in [6.45, 7) is 7.55. The summed E-state index contributed by atoms with van der Waals surface area (Å²) in [5, 5.41) is 0. The number of nitrogens with zero attached hydrogens (tertiary/aromatic N) is 3. The van der Waals surface area contributed by atoms with Crippen molar-refractivity contribution in [2.75, 3.05) is 6.54 Å².